The van der Waals surface area contributed by atoms with Crippen molar-refractivity contribution in [3.05, 3.63) is 28.2 Å². The monoisotopic (exact) mass is 337 g/mol. The standard InChI is InChI=1S/C15H20BrN3O/c16-14-9-13(19-7-5-15(20)17-6-8-19)4-1-11(14)10-18-12-2-3-12/h1,4,9,12,18H,2-3,5-8,10H2,(H,17,20). The van der Waals surface area contributed by atoms with Crippen molar-refractivity contribution >= 4 is 27.5 Å². The van der Waals surface area contributed by atoms with Crippen molar-refractivity contribution < 1.29 is 4.79 Å². The molecular formula is C15H20BrN3O. The van der Waals surface area contributed by atoms with Gasteiger partial charge in [-0.1, -0.05) is 22.0 Å². The number of anilines is 1. The summed E-state index contributed by atoms with van der Waals surface area (Å²) in [4.78, 5) is 13.6. The van der Waals surface area contributed by atoms with Crippen molar-refractivity contribution in [2.24, 2.45) is 0 Å². The summed E-state index contributed by atoms with van der Waals surface area (Å²) in [5.74, 6) is 0.150. The fourth-order valence-corrected chi connectivity index (χ4v) is 2.95. The number of carbonyl (C=O) groups is 1. The maximum atomic E-state index is 11.4. The van der Waals surface area contributed by atoms with Crippen LogP contribution in [0.1, 0.15) is 24.8 Å². The van der Waals surface area contributed by atoms with Gasteiger partial charge in [0.15, 0.2) is 0 Å². The molecule has 2 aliphatic rings. The third-order valence-electron chi connectivity index (χ3n) is 3.87. The van der Waals surface area contributed by atoms with E-state index >= 15 is 0 Å². The molecule has 2 N–H and O–H groups in total. The number of rotatable bonds is 4. The van der Waals surface area contributed by atoms with Crippen LogP contribution in [-0.2, 0) is 11.3 Å². The number of hydrogen-bond donors (Lipinski definition) is 2. The SMILES string of the molecule is O=C1CCN(c2ccc(CNC3CC3)c(Br)c2)CCN1. The molecule has 1 aliphatic carbocycles. The summed E-state index contributed by atoms with van der Waals surface area (Å²) in [6.07, 6.45) is 3.19. The van der Waals surface area contributed by atoms with Gasteiger partial charge in [0.1, 0.15) is 0 Å². The molecule has 4 nitrogen and oxygen atoms in total. The molecule has 3 rings (SSSR count). The van der Waals surface area contributed by atoms with Gasteiger partial charge in [0.05, 0.1) is 0 Å². The van der Waals surface area contributed by atoms with Gasteiger partial charge in [0.25, 0.3) is 0 Å². The number of carbonyl (C=O) groups excluding carboxylic acids is 1. The molecule has 1 heterocycles. The van der Waals surface area contributed by atoms with E-state index < -0.39 is 0 Å². The van der Waals surface area contributed by atoms with Gasteiger partial charge in [0, 0.05) is 48.8 Å². The Hall–Kier alpha value is -1.07. The minimum atomic E-state index is 0.150. The Morgan fingerprint density at radius 2 is 2.20 bits per heavy atom. The smallest absolute Gasteiger partial charge is 0.221 e. The maximum Gasteiger partial charge on any atom is 0.221 e. The molecular weight excluding hydrogens is 318 g/mol. The molecule has 0 radical (unpaired) electrons. The summed E-state index contributed by atoms with van der Waals surface area (Å²) in [5, 5.41) is 6.44. The summed E-state index contributed by atoms with van der Waals surface area (Å²) in [7, 11) is 0. The third-order valence-corrected chi connectivity index (χ3v) is 4.61. The van der Waals surface area contributed by atoms with Crippen LogP contribution in [0.15, 0.2) is 22.7 Å². The Morgan fingerprint density at radius 3 is 2.95 bits per heavy atom. The number of hydrogen-bond acceptors (Lipinski definition) is 3. The first kappa shape index (κ1) is 13.9. The molecule has 5 heteroatoms. The highest BCUT2D eigenvalue weighted by Gasteiger charge is 2.20. The Morgan fingerprint density at radius 1 is 1.35 bits per heavy atom. The van der Waals surface area contributed by atoms with E-state index in [9.17, 15) is 4.79 Å². The summed E-state index contributed by atoms with van der Waals surface area (Å²) < 4.78 is 1.15. The first-order valence-corrected chi connectivity index (χ1v) is 8.05. The molecule has 0 spiro atoms. The average molecular weight is 338 g/mol. The van der Waals surface area contributed by atoms with E-state index in [0.29, 0.717) is 6.42 Å². The number of benzene rings is 1. The second-order valence-corrected chi connectivity index (χ2v) is 6.37. The molecule has 1 aromatic carbocycles. The van der Waals surface area contributed by atoms with Gasteiger partial charge in [-0.05, 0) is 30.5 Å². The lowest BCUT2D eigenvalue weighted by atomic mass is 10.2. The van der Waals surface area contributed by atoms with Crippen molar-refractivity contribution in [1.29, 1.82) is 0 Å². The quantitative estimate of drug-likeness (QED) is 0.883. The van der Waals surface area contributed by atoms with Crippen molar-refractivity contribution in [3.63, 3.8) is 0 Å². The number of halogens is 1. The van der Waals surface area contributed by atoms with Crippen molar-refractivity contribution in [2.45, 2.75) is 31.8 Å². The van der Waals surface area contributed by atoms with Crippen LogP contribution in [0.5, 0.6) is 0 Å². The maximum absolute atomic E-state index is 11.4. The van der Waals surface area contributed by atoms with Crippen molar-refractivity contribution in [2.75, 3.05) is 24.5 Å². The van der Waals surface area contributed by atoms with Crippen LogP contribution in [0.4, 0.5) is 5.69 Å². The van der Waals surface area contributed by atoms with Crippen LogP contribution in [-0.4, -0.2) is 31.6 Å². The largest absolute Gasteiger partial charge is 0.369 e. The molecule has 20 heavy (non-hydrogen) atoms. The van der Waals surface area contributed by atoms with Gasteiger partial charge in [-0.2, -0.15) is 0 Å². The molecule has 1 saturated carbocycles. The molecule has 2 fully saturated rings. The van der Waals surface area contributed by atoms with E-state index in [1.54, 1.807) is 0 Å². The lowest BCUT2D eigenvalue weighted by Gasteiger charge is -2.22. The van der Waals surface area contributed by atoms with E-state index in [2.05, 4.69) is 49.7 Å². The second-order valence-electron chi connectivity index (χ2n) is 5.52. The van der Waals surface area contributed by atoms with E-state index in [1.807, 2.05) is 0 Å². The summed E-state index contributed by atoms with van der Waals surface area (Å²) in [6.45, 7) is 3.31. The van der Waals surface area contributed by atoms with Crippen molar-refractivity contribution in [3.8, 4) is 0 Å². The third kappa shape index (κ3) is 3.52. The lowest BCUT2D eigenvalue weighted by Crippen LogP contribution is -2.28. The molecule has 1 aliphatic heterocycles. The molecule has 1 saturated heterocycles. The summed E-state index contributed by atoms with van der Waals surface area (Å²) >= 11 is 3.67. The Balaban J connectivity index is 1.66. The van der Waals surface area contributed by atoms with Gasteiger partial charge in [-0.3, -0.25) is 4.79 Å². The van der Waals surface area contributed by atoms with Crippen LogP contribution < -0.4 is 15.5 Å². The van der Waals surface area contributed by atoms with Gasteiger partial charge >= 0.3 is 0 Å². The van der Waals surface area contributed by atoms with Crippen LogP contribution in [0.2, 0.25) is 0 Å². The van der Waals surface area contributed by atoms with Gasteiger partial charge in [-0.25, -0.2) is 0 Å². The molecule has 0 atom stereocenters. The van der Waals surface area contributed by atoms with E-state index in [4.69, 9.17) is 0 Å². The number of nitrogens with one attached hydrogen (secondary N) is 2. The zero-order valence-corrected chi connectivity index (χ0v) is 13.1. The van der Waals surface area contributed by atoms with Crippen LogP contribution in [0.3, 0.4) is 0 Å². The normalized spacial score (nSPS) is 19.6. The number of amides is 1. The second kappa shape index (κ2) is 6.14. The van der Waals surface area contributed by atoms with Crippen LogP contribution in [0.25, 0.3) is 0 Å². The minimum Gasteiger partial charge on any atom is -0.369 e. The predicted octanol–water partition coefficient (Wildman–Crippen LogP) is 2.03. The summed E-state index contributed by atoms with van der Waals surface area (Å²) in [6, 6.07) is 7.23. The van der Waals surface area contributed by atoms with Gasteiger partial charge < -0.3 is 15.5 Å². The zero-order chi connectivity index (χ0) is 13.9. The molecule has 108 valence electrons. The Bertz CT molecular complexity index is 502. The lowest BCUT2D eigenvalue weighted by molar-refractivity contribution is -0.120. The molecule has 0 bridgehead atoms. The summed E-state index contributed by atoms with van der Waals surface area (Å²) in [5.41, 5.74) is 2.48. The fraction of sp³-hybridized carbons (Fsp3) is 0.533. The Kier molecular flexibility index (Phi) is 4.27. The van der Waals surface area contributed by atoms with Crippen LogP contribution in [0, 0.1) is 0 Å². The first-order chi connectivity index (χ1) is 9.72. The van der Waals surface area contributed by atoms with E-state index in [0.717, 1.165) is 36.7 Å². The van der Waals surface area contributed by atoms with E-state index in [-0.39, 0.29) is 5.91 Å². The predicted molar refractivity (Wildman–Crippen MR) is 83.8 cm³/mol. The van der Waals surface area contributed by atoms with Crippen LogP contribution >= 0.6 is 15.9 Å². The molecule has 0 unspecified atom stereocenters. The van der Waals surface area contributed by atoms with Crippen molar-refractivity contribution in [1.82, 2.24) is 10.6 Å². The zero-order valence-electron chi connectivity index (χ0n) is 11.5. The first-order valence-electron chi connectivity index (χ1n) is 7.26. The number of nitrogens with zero attached hydrogens (tertiary/aromatic N) is 1. The molecule has 0 aromatic heterocycles. The molecule has 1 amide bonds. The van der Waals surface area contributed by atoms with Gasteiger partial charge in [-0.15, -0.1) is 0 Å². The minimum absolute atomic E-state index is 0.150. The molecule has 1 aromatic rings. The highest BCUT2D eigenvalue weighted by atomic mass is 79.9. The highest BCUT2D eigenvalue weighted by Crippen LogP contribution is 2.26. The van der Waals surface area contributed by atoms with Gasteiger partial charge in [0.2, 0.25) is 5.91 Å². The fourth-order valence-electron chi connectivity index (χ4n) is 2.44. The Labute approximate surface area is 128 Å². The van der Waals surface area contributed by atoms with E-state index in [1.165, 1.54) is 24.1 Å². The highest BCUT2D eigenvalue weighted by molar-refractivity contribution is 9.10. The average Bonchev–Trinajstić information content (AvgIpc) is 3.25. The topological polar surface area (TPSA) is 44.4 Å².